The molecule has 5 heteroatoms. The highest BCUT2D eigenvalue weighted by Gasteiger charge is 2.18. The summed E-state index contributed by atoms with van der Waals surface area (Å²) in [5, 5.41) is 6.32. The fourth-order valence-corrected chi connectivity index (χ4v) is 3.45. The highest BCUT2D eigenvalue weighted by Crippen LogP contribution is 2.33. The van der Waals surface area contributed by atoms with Gasteiger partial charge in [0.05, 0.1) is 5.02 Å². The van der Waals surface area contributed by atoms with E-state index >= 15 is 0 Å². The molecule has 0 saturated heterocycles. The van der Waals surface area contributed by atoms with Crippen molar-refractivity contribution >= 4 is 22.9 Å². The van der Waals surface area contributed by atoms with Gasteiger partial charge in [-0.3, -0.25) is 0 Å². The van der Waals surface area contributed by atoms with Crippen LogP contribution in [0.1, 0.15) is 29.2 Å². The van der Waals surface area contributed by atoms with E-state index in [-0.39, 0.29) is 6.04 Å². The van der Waals surface area contributed by atoms with Crippen LogP contribution in [0.2, 0.25) is 5.02 Å². The van der Waals surface area contributed by atoms with Crippen molar-refractivity contribution in [3.05, 3.63) is 39.1 Å². The first kappa shape index (κ1) is 13.6. The van der Waals surface area contributed by atoms with E-state index in [1.807, 2.05) is 26.4 Å². The summed E-state index contributed by atoms with van der Waals surface area (Å²) in [5.74, 6) is 1.10. The first-order valence-corrected chi connectivity index (χ1v) is 7.33. The van der Waals surface area contributed by atoms with E-state index in [2.05, 4.69) is 27.2 Å². The Morgan fingerprint density at radius 2 is 2.33 bits per heavy atom. The third kappa shape index (κ3) is 2.60. The molecule has 1 unspecified atom stereocenters. The molecule has 18 heavy (non-hydrogen) atoms. The number of aryl methyl sites for hydroxylation is 2. The Labute approximate surface area is 117 Å². The van der Waals surface area contributed by atoms with Gasteiger partial charge in [0.2, 0.25) is 0 Å². The zero-order chi connectivity index (χ0) is 13.1. The van der Waals surface area contributed by atoms with Gasteiger partial charge in [-0.25, -0.2) is 4.98 Å². The summed E-state index contributed by atoms with van der Waals surface area (Å²) in [6.45, 7) is 5.12. The van der Waals surface area contributed by atoms with E-state index in [9.17, 15) is 0 Å². The Kier molecular flexibility index (Phi) is 4.43. The van der Waals surface area contributed by atoms with Gasteiger partial charge in [-0.1, -0.05) is 11.6 Å². The van der Waals surface area contributed by atoms with E-state index in [4.69, 9.17) is 11.6 Å². The molecular formula is C13H18ClN3S. The summed E-state index contributed by atoms with van der Waals surface area (Å²) in [6.07, 6.45) is 4.73. The predicted octanol–water partition coefficient (Wildman–Crippen LogP) is 3.43. The molecule has 0 radical (unpaired) electrons. The molecule has 0 aliphatic carbocycles. The van der Waals surface area contributed by atoms with Gasteiger partial charge < -0.3 is 9.88 Å². The molecule has 2 heterocycles. The van der Waals surface area contributed by atoms with Gasteiger partial charge in [0.25, 0.3) is 0 Å². The van der Waals surface area contributed by atoms with Gasteiger partial charge >= 0.3 is 0 Å². The molecule has 98 valence electrons. The lowest BCUT2D eigenvalue weighted by atomic mass is 10.1. The normalized spacial score (nSPS) is 12.9. The third-order valence-corrected chi connectivity index (χ3v) is 4.95. The predicted molar refractivity (Wildman–Crippen MR) is 77.5 cm³/mol. The molecule has 2 rings (SSSR count). The molecule has 0 spiro atoms. The SMILES string of the molecule is CCn1ccnc1CC(NC)c1scc(C)c1Cl. The third-order valence-electron chi connectivity index (χ3n) is 3.12. The van der Waals surface area contributed by atoms with Crippen LogP contribution in [0.4, 0.5) is 0 Å². The number of hydrogen-bond acceptors (Lipinski definition) is 3. The molecule has 3 nitrogen and oxygen atoms in total. The highest BCUT2D eigenvalue weighted by atomic mass is 35.5. The van der Waals surface area contributed by atoms with Crippen LogP contribution < -0.4 is 5.32 Å². The molecule has 0 aliphatic heterocycles. The van der Waals surface area contributed by atoms with Crippen molar-refractivity contribution in [3.63, 3.8) is 0 Å². The van der Waals surface area contributed by atoms with Crippen molar-refractivity contribution in [3.8, 4) is 0 Å². The Balaban J connectivity index is 2.22. The number of thiophene rings is 1. The smallest absolute Gasteiger partial charge is 0.110 e. The average Bonchev–Trinajstić information content (AvgIpc) is 2.95. The van der Waals surface area contributed by atoms with Gasteiger partial charge in [0.15, 0.2) is 0 Å². The van der Waals surface area contributed by atoms with Gasteiger partial charge in [-0.05, 0) is 31.8 Å². The van der Waals surface area contributed by atoms with Crippen LogP contribution in [0, 0.1) is 6.92 Å². The molecule has 1 N–H and O–H groups in total. The molecule has 0 fully saturated rings. The number of imidazole rings is 1. The Bertz CT molecular complexity index is 518. The minimum absolute atomic E-state index is 0.226. The molecule has 0 saturated carbocycles. The Morgan fingerprint density at radius 1 is 1.56 bits per heavy atom. The van der Waals surface area contributed by atoms with Crippen LogP contribution >= 0.6 is 22.9 Å². The minimum atomic E-state index is 0.226. The van der Waals surface area contributed by atoms with Crippen LogP contribution in [-0.2, 0) is 13.0 Å². The van der Waals surface area contributed by atoms with Crippen molar-refractivity contribution in [1.29, 1.82) is 0 Å². The maximum Gasteiger partial charge on any atom is 0.110 e. The number of nitrogens with zero attached hydrogens (tertiary/aromatic N) is 2. The van der Waals surface area contributed by atoms with Crippen molar-refractivity contribution in [2.24, 2.45) is 0 Å². The zero-order valence-electron chi connectivity index (χ0n) is 10.9. The van der Waals surface area contributed by atoms with Crippen molar-refractivity contribution in [2.45, 2.75) is 32.9 Å². The number of aromatic nitrogens is 2. The van der Waals surface area contributed by atoms with E-state index < -0.39 is 0 Å². The second-order valence-electron chi connectivity index (χ2n) is 4.27. The molecule has 0 amide bonds. The standard InChI is InChI=1S/C13H18ClN3S/c1-4-17-6-5-16-11(17)7-10(15-3)13-12(14)9(2)8-18-13/h5-6,8,10,15H,4,7H2,1-3H3. The average molecular weight is 284 g/mol. The van der Waals surface area contributed by atoms with Gasteiger partial charge in [-0.15, -0.1) is 11.3 Å². The summed E-state index contributed by atoms with van der Waals surface area (Å²) in [4.78, 5) is 5.62. The maximum absolute atomic E-state index is 6.34. The molecule has 0 aromatic carbocycles. The quantitative estimate of drug-likeness (QED) is 0.911. The lowest BCUT2D eigenvalue weighted by Gasteiger charge is -2.15. The van der Waals surface area contributed by atoms with Gasteiger partial charge in [0.1, 0.15) is 5.82 Å². The van der Waals surface area contributed by atoms with Crippen molar-refractivity contribution < 1.29 is 0 Å². The molecule has 2 aromatic heterocycles. The summed E-state index contributed by atoms with van der Waals surface area (Å²) >= 11 is 8.05. The van der Waals surface area contributed by atoms with Crippen LogP contribution in [0.3, 0.4) is 0 Å². The minimum Gasteiger partial charge on any atom is -0.335 e. The number of nitrogens with one attached hydrogen (secondary N) is 1. The van der Waals surface area contributed by atoms with Crippen LogP contribution in [-0.4, -0.2) is 16.6 Å². The van der Waals surface area contributed by atoms with Gasteiger partial charge in [-0.2, -0.15) is 0 Å². The monoisotopic (exact) mass is 283 g/mol. The summed E-state index contributed by atoms with van der Waals surface area (Å²) in [5.41, 5.74) is 1.15. The molecule has 0 bridgehead atoms. The van der Waals surface area contributed by atoms with Crippen LogP contribution in [0.5, 0.6) is 0 Å². The Hall–Kier alpha value is -0.840. The summed E-state index contributed by atoms with van der Waals surface area (Å²) < 4.78 is 2.17. The fourth-order valence-electron chi connectivity index (χ4n) is 2.01. The van der Waals surface area contributed by atoms with E-state index in [0.717, 1.165) is 29.4 Å². The molecule has 1 atom stereocenters. The number of halogens is 1. The number of hydrogen-bond donors (Lipinski definition) is 1. The number of likely N-dealkylation sites (N-methyl/N-ethyl adjacent to an activating group) is 1. The second kappa shape index (κ2) is 5.87. The maximum atomic E-state index is 6.34. The molecular weight excluding hydrogens is 266 g/mol. The van der Waals surface area contributed by atoms with Crippen molar-refractivity contribution in [1.82, 2.24) is 14.9 Å². The van der Waals surface area contributed by atoms with Gasteiger partial charge in [0, 0.05) is 36.3 Å². The second-order valence-corrected chi connectivity index (χ2v) is 5.56. The summed E-state index contributed by atoms with van der Waals surface area (Å²) in [6, 6.07) is 0.226. The first-order chi connectivity index (χ1) is 8.67. The Morgan fingerprint density at radius 3 is 2.89 bits per heavy atom. The lowest BCUT2D eigenvalue weighted by Crippen LogP contribution is -2.20. The summed E-state index contributed by atoms with van der Waals surface area (Å²) in [7, 11) is 1.97. The largest absolute Gasteiger partial charge is 0.335 e. The van der Waals surface area contributed by atoms with E-state index in [1.165, 1.54) is 4.88 Å². The lowest BCUT2D eigenvalue weighted by molar-refractivity contribution is 0.560. The van der Waals surface area contributed by atoms with E-state index in [1.54, 1.807) is 11.3 Å². The molecule has 2 aromatic rings. The van der Waals surface area contributed by atoms with Crippen LogP contribution in [0.15, 0.2) is 17.8 Å². The van der Waals surface area contributed by atoms with Crippen LogP contribution in [0.25, 0.3) is 0 Å². The fraction of sp³-hybridized carbons (Fsp3) is 0.462. The zero-order valence-corrected chi connectivity index (χ0v) is 12.5. The number of rotatable bonds is 5. The first-order valence-electron chi connectivity index (χ1n) is 6.08. The topological polar surface area (TPSA) is 29.9 Å². The molecule has 0 aliphatic rings. The highest BCUT2D eigenvalue weighted by molar-refractivity contribution is 7.10. The van der Waals surface area contributed by atoms with Crippen molar-refractivity contribution in [2.75, 3.05) is 7.05 Å². The van der Waals surface area contributed by atoms with E-state index in [0.29, 0.717) is 0 Å².